The Morgan fingerprint density at radius 2 is 1.72 bits per heavy atom. The van der Waals surface area contributed by atoms with Gasteiger partial charge in [0.25, 0.3) is 5.91 Å². The average Bonchev–Trinajstić information content (AvgIpc) is 2.69. The number of hydrogen-bond acceptors (Lipinski definition) is 4. The van der Waals surface area contributed by atoms with E-state index in [0.717, 1.165) is 29.0 Å². The van der Waals surface area contributed by atoms with Gasteiger partial charge < -0.3 is 9.08 Å². The van der Waals surface area contributed by atoms with Gasteiger partial charge in [-0.1, -0.05) is 55.5 Å². The standard InChI is InChI=1S/C23H25NO4S/c1-4-17(2)24(16-18-9-7-12-20(15-18)28-29(3,26)27)23(25)22-14-8-11-19-10-5-6-13-21(19)22/h5-15,17H,4,16H2,1-3H3/t17-/m1/s1. The van der Waals surface area contributed by atoms with Gasteiger partial charge >= 0.3 is 10.1 Å². The molecular formula is C23H25NO4S. The molecule has 0 aliphatic carbocycles. The number of fused-ring (bicyclic) bond motifs is 1. The Hall–Kier alpha value is -2.86. The first-order chi connectivity index (χ1) is 13.8. The first kappa shape index (κ1) is 20.9. The molecule has 6 heteroatoms. The molecule has 3 aromatic rings. The van der Waals surface area contributed by atoms with Crippen LogP contribution >= 0.6 is 0 Å². The molecule has 0 radical (unpaired) electrons. The Morgan fingerprint density at radius 3 is 2.45 bits per heavy atom. The van der Waals surface area contributed by atoms with Crippen LogP contribution in [0, 0.1) is 0 Å². The summed E-state index contributed by atoms with van der Waals surface area (Å²) < 4.78 is 27.8. The zero-order chi connectivity index (χ0) is 21.0. The van der Waals surface area contributed by atoms with Gasteiger partial charge in [-0.15, -0.1) is 0 Å². The molecule has 1 atom stereocenters. The fourth-order valence-corrected chi connectivity index (χ4v) is 3.74. The van der Waals surface area contributed by atoms with Gasteiger partial charge in [-0.05, 0) is 47.9 Å². The predicted molar refractivity (Wildman–Crippen MR) is 115 cm³/mol. The number of nitrogens with zero attached hydrogens (tertiary/aromatic N) is 1. The number of hydrogen-bond donors (Lipinski definition) is 0. The van der Waals surface area contributed by atoms with E-state index in [0.29, 0.717) is 12.1 Å². The molecule has 0 saturated carbocycles. The summed E-state index contributed by atoms with van der Waals surface area (Å²) in [4.78, 5) is 15.3. The molecule has 0 aromatic heterocycles. The third-order valence-electron chi connectivity index (χ3n) is 4.90. The third kappa shape index (κ3) is 5.15. The Kier molecular flexibility index (Phi) is 6.23. The molecule has 0 aliphatic heterocycles. The highest BCUT2D eigenvalue weighted by Gasteiger charge is 2.22. The molecule has 0 spiro atoms. The van der Waals surface area contributed by atoms with Gasteiger partial charge in [-0.25, -0.2) is 0 Å². The Morgan fingerprint density at radius 1 is 1.03 bits per heavy atom. The van der Waals surface area contributed by atoms with Crippen LogP contribution in [0.1, 0.15) is 36.2 Å². The maximum Gasteiger partial charge on any atom is 0.306 e. The van der Waals surface area contributed by atoms with Gasteiger partial charge in [0.05, 0.1) is 6.26 Å². The van der Waals surface area contributed by atoms with Crippen LogP contribution in [0.2, 0.25) is 0 Å². The van der Waals surface area contributed by atoms with E-state index in [1.165, 1.54) is 0 Å². The van der Waals surface area contributed by atoms with Crippen molar-refractivity contribution >= 4 is 26.8 Å². The summed E-state index contributed by atoms with van der Waals surface area (Å²) in [6.07, 6.45) is 1.81. The molecule has 0 unspecified atom stereocenters. The van der Waals surface area contributed by atoms with E-state index in [1.807, 2.05) is 67.3 Å². The molecule has 0 fully saturated rings. The minimum atomic E-state index is -3.61. The predicted octanol–water partition coefficient (Wildman–Crippen LogP) is 4.62. The van der Waals surface area contributed by atoms with Crippen molar-refractivity contribution in [2.75, 3.05) is 6.26 Å². The SMILES string of the molecule is CC[C@@H](C)N(Cc1cccc(OS(C)(=O)=O)c1)C(=O)c1cccc2ccccc12. The molecule has 0 N–H and O–H groups in total. The van der Waals surface area contributed by atoms with Gasteiger partial charge in [0.2, 0.25) is 0 Å². The summed E-state index contributed by atoms with van der Waals surface area (Å²) in [7, 11) is -3.61. The second-order valence-corrected chi connectivity index (χ2v) is 8.73. The number of rotatable bonds is 7. The molecule has 0 aliphatic rings. The van der Waals surface area contributed by atoms with Crippen molar-refractivity contribution in [1.82, 2.24) is 4.90 Å². The van der Waals surface area contributed by atoms with Crippen LogP contribution in [0.5, 0.6) is 5.75 Å². The summed E-state index contributed by atoms with van der Waals surface area (Å²) in [6, 6.07) is 20.4. The van der Waals surface area contributed by atoms with E-state index in [2.05, 4.69) is 0 Å². The molecule has 3 aromatic carbocycles. The highest BCUT2D eigenvalue weighted by atomic mass is 32.2. The zero-order valence-corrected chi connectivity index (χ0v) is 17.6. The largest absolute Gasteiger partial charge is 0.383 e. The normalized spacial score (nSPS) is 12.5. The van der Waals surface area contributed by atoms with Crippen LogP contribution in [0.3, 0.4) is 0 Å². The second kappa shape index (κ2) is 8.66. The van der Waals surface area contributed by atoms with E-state index < -0.39 is 10.1 Å². The molecule has 29 heavy (non-hydrogen) atoms. The van der Waals surface area contributed by atoms with Gasteiger partial charge in [-0.2, -0.15) is 8.42 Å². The molecule has 152 valence electrons. The van der Waals surface area contributed by atoms with E-state index in [9.17, 15) is 13.2 Å². The fraction of sp³-hybridized carbons (Fsp3) is 0.261. The van der Waals surface area contributed by atoms with Crippen molar-refractivity contribution in [3.8, 4) is 5.75 Å². The second-order valence-electron chi connectivity index (χ2n) is 7.15. The molecule has 3 rings (SSSR count). The minimum Gasteiger partial charge on any atom is -0.383 e. The monoisotopic (exact) mass is 411 g/mol. The minimum absolute atomic E-state index is 0.0148. The van der Waals surface area contributed by atoms with Gasteiger partial charge in [0, 0.05) is 18.2 Å². The van der Waals surface area contributed by atoms with Gasteiger partial charge in [0.15, 0.2) is 0 Å². The van der Waals surface area contributed by atoms with Crippen LogP contribution in [-0.4, -0.2) is 31.5 Å². The van der Waals surface area contributed by atoms with E-state index in [1.54, 1.807) is 18.2 Å². The van der Waals surface area contributed by atoms with E-state index in [4.69, 9.17) is 4.18 Å². The Bertz CT molecular complexity index is 1120. The van der Waals surface area contributed by atoms with Crippen LogP contribution in [0.25, 0.3) is 10.8 Å². The highest BCUT2D eigenvalue weighted by molar-refractivity contribution is 7.86. The summed E-state index contributed by atoms with van der Waals surface area (Å²) >= 11 is 0. The quantitative estimate of drug-likeness (QED) is 0.532. The Balaban J connectivity index is 1.95. The summed E-state index contributed by atoms with van der Waals surface area (Å²) in [5.41, 5.74) is 1.46. The molecule has 0 bridgehead atoms. The van der Waals surface area contributed by atoms with Crippen molar-refractivity contribution < 1.29 is 17.4 Å². The number of carbonyl (C=O) groups is 1. The Labute approximate surface area is 172 Å². The van der Waals surface area contributed by atoms with Crippen molar-refractivity contribution in [3.63, 3.8) is 0 Å². The lowest BCUT2D eigenvalue weighted by atomic mass is 10.0. The third-order valence-corrected chi connectivity index (χ3v) is 5.40. The van der Waals surface area contributed by atoms with Crippen LogP contribution in [0.15, 0.2) is 66.7 Å². The molecule has 0 heterocycles. The van der Waals surface area contributed by atoms with Crippen molar-refractivity contribution in [2.24, 2.45) is 0 Å². The van der Waals surface area contributed by atoms with Gasteiger partial charge in [-0.3, -0.25) is 4.79 Å². The lowest BCUT2D eigenvalue weighted by Gasteiger charge is -2.29. The summed E-state index contributed by atoms with van der Waals surface area (Å²) in [5.74, 6) is 0.192. The topological polar surface area (TPSA) is 63.7 Å². The number of carbonyl (C=O) groups excluding carboxylic acids is 1. The lowest BCUT2D eigenvalue weighted by Crippen LogP contribution is -2.37. The number of amides is 1. The van der Waals surface area contributed by atoms with Crippen LogP contribution in [-0.2, 0) is 16.7 Å². The molecule has 0 saturated heterocycles. The van der Waals surface area contributed by atoms with E-state index >= 15 is 0 Å². The summed E-state index contributed by atoms with van der Waals surface area (Å²) in [5, 5.41) is 1.94. The first-order valence-electron chi connectivity index (χ1n) is 9.55. The molecule has 5 nitrogen and oxygen atoms in total. The maximum absolute atomic E-state index is 13.5. The van der Waals surface area contributed by atoms with Crippen molar-refractivity contribution in [3.05, 3.63) is 77.9 Å². The summed E-state index contributed by atoms with van der Waals surface area (Å²) in [6.45, 7) is 4.41. The highest BCUT2D eigenvalue weighted by Crippen LogP contribution is 2.24. The zero-order valence-electron chi connectivity index (χ0n) is 16.8. The van der Waals surface area contributed by atoms with Gasteiger partial charge in [0.1, 0.15) is 5.75 Å². The maximum atomic E-state index is 13.5. The van der Waals surface area contributed by atoms with E-state index in [-0.39, 0.29) is 17.7 Å². The van der Waals surface area contributed by atoms with Crippen molar-refractivity contribution in [1.29, 1.82) is 0 Å². The number of benzene rings is 3. The smallest absolute Gasteiger partial charge is 0.306 e. The molecule has 1 amide bonds. The average molecular weight is 412 g/mol. The van der Waals surface area contributed by atoms with Crippen LogP contribution in [0.4, 0.5) is 0 Å². The fourth-order valence-electron chi connectivity index (χ4n) is 3.28. The molecular weight excluding hydrogens is 386 g/mol. The first-order valence-corrected chi connectivity index (χ1v) is 11.4. The van der Waals surface area contributed by atoms with Crippen LogP contribution < -0.4 is 4.18 Å². The van der Waals surface area contributed by atoms with Crippen molar-refractivity contribution in [2.45, 2.75) is 32.9 Å². The lowest BCUT2D eigenvalue weighted by molar-refractivity contribution is 0.0673.